The van der Waals surface area contributed by atoms with Crippen molar-refractivity contribution in [1.82, 2.24) is 0 Å². The third-order valence-corrected chi connectivity index (χ3v) is 12.1. The lowest BCUT2D eigenvalue weighted by Gasteiger charge is -2.45. The Balaban J connectivity index is 1.60. The Kier molecular flexibility index (Phi) is 9.54. The van der Waals surface area contributed by atoms with Crippen molar-refractivity contribution >= 4 is 18.0 Å². The Morgan fingerprint density at radius 2 is 1.36 bits per heavy atom. The zero-order chi connectivity index (χ0) is 19.8. The van der Waals surface area contributed by atoms with Crippen LogP contribution in [0, 0.1) is 0 Å². The highest BCUT2D eigenvalue weighted by atomic mass is 32.2. The lowest BCUT2D eigenvalue weighted by molar-refractivity contribution is -0.246. The highest BCUT2D eigenvalue weighted by Crippen LogP contribution is 2.61. The molecule has 0 aromatic carbocycles. The van der Waals surface area contributed by atoms with Crippen molar-refractivity contribution in [3.63, 3.8) is 0 Å². The minimum absolute atomic E-state index is 0.0250. The Morgan fingerprint density at radius 3 is 1.93 bits per heavy atom. The largest absolute Gasteiger partial charge is 0.293 e. The molecule has 0 radical (unpaired) electrons. The van der Waals surface area contributed by atoms with E-state index in [9.17, 15) is 8.42 Å². The van der Waals surface area contributed by atoms with Crippen LogP contribution in [0.5, 0.6) is 0 Å². The minimum Gasteiger partial charge on any atom is -0.217 e. The maximum atomic E-state index is 12.0. The average molecular weight is 433 g/mol. The number of hydrogen-bond donors (Lipinski definition) is 0. The van der Waals surface area contributed by atoms with Crippen molar-refractivity contribution in [2.75, 3.05) is 5.75 Å². The van der Waals surface area contributed by atoms with Gasteiger partial charge in [0.2, 0.25) is 0 Å². The maximum absolute atomic E-state index is 12.0. The van der Waals surface area contributed by atoms with Gasteiger partial charge in [0.15, 0.2) is 0 Å². The van der Waals surface area contributed by atoms with Gasteiger partial charge in [0.1, 0.15) is 0 Å². The van der Waals surface area contributed by atoms with Crippen LogP contribution in [-0.2, 0) is 19.3 Å². The molecule has 0 heterocycles. The molecule has 0 aromatic heterocycles. The molecule has 28 heavy (non-hydrogen) atoms. The third kappa shape index (κ3) is 6.93. The van der Waals surface area contributed by atoms with E-state index >= 15 is 0 Å². The summed E-state index contributed by atoms with van der Waals surface area (Å²) in [4.78, 5) is 5.52. The molecule has 0 aliphatic heterocycles. The van der Waals surface area contributed by atoms with Crippen LogP contribution in [0.1, 0.15) is 110 Å². The van der Waals surface area contributed by atoms with Gasteiger partial charge in [-0.1, -0.05) is 66.2 Å². The molecule has 0 bridgehead atoms. The number of rotatable bonds is 9. The topological polar surface area (TPSA) is 52.6 Å². The molecule has 0 aromatic rings. The van der Waals surface area contributed by atoms with Crippen molar-refractivity contribution in [1.29, 1.82) is 0 Å². The first-order chi connectivity index (χ1) is 13.6. The molecule has 3 rings (SSSR count). The summed E-state index contributed by atoms with van der Waals surface area (Å²) in [5.74, 6) is 0.0660. The normalized spacial score (nSPS) is 28.6. The van der Waals surface area contributed by atoms with Gasteiger partial charge >= 0.3 is 0 Å². The molecule has 3 fully saturated rings. The van der Waals surface area contributed by atoms with E-state index in [1.165, 1.54) is 70.6 Å². The van der Waals surface area contributed by atoms with E-state index in [0.717, 1.165) is 42.7 Å². The van der Waals surface area contributed by atoms with Crippen molar-refractivity contribution in [3.05, 3.63) is 0 Å². The fourth-order valence-electron chi connectivity index (χ4n) is 5.60. The van der Waals surface area contributed by atoms with Gasteiger partial charge in [0.05, 0.1) is 11.9 Å². The highest BCUT2D eigenvalue weighted by Gasteiger charge is 2.39. The fourth-order valence-corrected chi connectivity index (χ4v) is 11.2. The SMILES string of the molecule is CCCCS(=O)(=O)OOC1CCCC(P(C2CCCCC2)C2CCCCC2)C1. The number of unbranched alkanes of at least 4 members (excludes halogenated alkanes) is 1. The summed E-state index contributed by atoms with van der Waals surface area (Å²) < 4.78 is 29.0. The van der Waals surface area contributed by atoms with Crippen LogP contribution in [0.25, 0.3) is 0 Å². The summed E-state index contributed by atoms with van der Waals surface area (Å²) in [5, 5.41) is 0. The maximum Gasteiger partial charge on any atom is 0.293 e. The standard InChI is InChI=1S/C22H41O4PS/c1-2-3-17-28(23,24)26-25-19-11-10-16-22(18-19)27(20-12-6-4-7-13-20)21-14-8-5-9-15-21/h19-22H,2-18H2,1H3. The molecule has 0 N–H and O–H groups in total. The van der Waals surface area contributed by atoms with Crippen LogP contribution in [-0.4, -0.2) is 37.3 Å². The summed E-state index contributed by atoms with van der Waals surface area (Å²) in [6.45, 7) is 1.99. The van der Waals surface area contributed by atoms with Crippen LogP contribution in [0.3, 0.4) is 0 Å². The van der Waals surface area contributed by atoms with Gasteiger partial charge in [0, 0.05) is 0 Å². The molecular formula is C22H41O4PS. The summed E-state index contributed by atoms with van der Waals surface area (Å²) in [7, 11) is -3.51. The monoisotopic (exact) mass is 432 g/mol. The lowest BCUT2D eigenvalue weighted by Crippen LogP contribution is -2.33. The molecule has 2 atom stereocenters. The second kappa shape index (κ2) is 11.6. The Hall–Kier alpha value is 0.300. The van der Waals surface area contributed by atoms with Gasteiger partial charge in [-0.05, 0) is 68.3 Å². The van der Waals surface area contributed by atoms with Crippen LogP contribution < -0.4 is 0 Å². The van der Waals surface area contributed by atoms with Crippen LogP contribution >= 0.6 is 7.92 Å². The molecule has 6 heteroatoms. The van der Waals surface area contributed by atoms with Gasteiger partial charge in [-0.15, -0.1) is 4.33 Å². The molecule has 0 saturated heterocycles. The summed E-state index contributed by atoms with van der Waals surface area (Å²) >= 11 is 0. The number of hydrogen-bond acceptors (Lipinski definition) is 4. The van der Waals surface area contributed by atoms with E-state index in [-0.39, 0.29) is 19.8 Å². The second-order valence-electron chi connectivity index (χ2n) is 9.25. The Morgan fingerprint density at radius 1 is 0.786 bits per heavy atom. The van der Waals surface area contributed by atoms with Crippen molar-refractivity contribution in [2.24, 2.45) is 0 Å². The van der Waals surface area contributed by atoms with E-state index in [0.29, 0.717) is 6.42 Å². The summed E-state index contributed by atoms with van der Waals surface area (Å²) in [6, 6.07) is 0. The van der Waals surface area contributed by atoms with Gasteiger partial charge < -0.3 is 0 Å². The summed E-state index contributed by atoms with van der Waals surface area (Å²) in [6.07, 6.45) is 20.1. The van der Waals surface area contributed by atoms with E-state index < -0.39 is 10.1 Å². The lowest BCUT2D eigenvalue weighted by atomic mass is 9.97. The van der Waals surface area contributed by atoms with Gasteiger partial charge in [-0.3, -0.25) is 0 Å². The van der Waals surface area contributed by atoms with E-state index in [2.05, 4.69) is 0 Å². The zero-order valence-electron chi connectivity index (χ0n) is 17.8. The minimum atomic E-state index is -3.54. The van der Waals surface area contributed by atoms with Crippen molar-refractivity contribution < 1.29 is 17.6 Å². The van der Waals surface area contributed by atoms with E-state index in [1.54, 1.807) is 0 Å². The third-order valence-electron chi connectivity index (χ3n) is 7.04. The molecule has 3 aliphatic carbocycles. The molecule has 3 saturated carbocycles. The van der Waals surface area contributed by atoms with Crippen LogP contribution in [0.15, 0.2) is 0 Å². The van der Waals surface area contributed by atoms with Gasteiger partial charge in [-0.2, -0.15) is 8.42 Å². The van der Waals surface area contributed by atoms with E-state index in [4.69, 9.17) is 9.22 Å². The van der Waals surface area contributed by atoms with Crippen LogP contribution in [0.4, 0.5) is 0 Å². The first kappa shape index (κ1) is 23.0. The average Bonchev–Trinajstić information content (AvgIpc) is 2.73. The molecule has 0 spiro atoms. The fraction of sp³-hybridized carbons (Fsp3) is 1.00. The highest BCUT2D eigenvalue weighted by molar-refractivity contribution is 7.86. The molecule has 164 valence electrons. The molecule has 3 aliphatic rings. The van der Waals surface area contributed by atoms with Crippen molar-refractivity contribution in [2.45, 2.75) is 133 Å². The molecule has 0 amide bonds. The molecule has 4 nitrogen and oxygen atoms in total. The van der Waals surface area contributed by atoms with E-state index in [1.807, 2.05) is 6.92 Å². The van der Waals surface area contributed by atoms with Crippen molar-refractivity contribution in [3.8, 4) is 0 Å². The molecule has 2 unspecified atom stereocenters. The smallest absolute Gasteiger partial charge is 0.217 e. The quantitative estimate of drug-likeness (QED) is 0.236. The Labute approximate surface area is 174 Å². The zero-order valence-corrected chi connectivity index (χ0v) is 19.5. The second-order valence-corrected chi connectivity index (χ2v) is 14.0. The van der Waals surface area contributed by atoms with Crippen LogP contribution in [0.2, 0.25) is 0 Å². The summed E-state index contributed by atoms with van der Waals surface area (Å²) in [5.41, 5.74) is 2.65. The predicted molar refractivity (Wildman–Crippen MR) is 118 cm³/mol. The predicted octanol–water partition coefficient (Wildman–Crippen LogP) is 6.52. The first-order valence-electron chi connectivity index (χ1n) is 11.9. The first-order valence-corrected chi connectivity index (χ1v) is 15.1. The molecular weight excluding hydrogens is 391 g/mol. The van der Waals surface area contributed by atoms with Gasteiger partial charge in [0.25, 0.3) is 10.1 Å². The van der Waals surface area contributed by atoms with Gasteiger partial charge in [-0.25, -0.2) is 4.89 Å². The Bertz CT molecular complexity index is 523.